The Morgan fingerprint density at radius 2 is 2.05 bits per heavy atom. The predicted octanol–water partition coefficient (Wildman–Crippen LogP) is 4.12. The van der Waals surface area contributed by atoms with Gasteiger partial charge in [-0.05, 0) is 25.1 Å². The number of rotatable bonds is 3. The van der Waals surface area contributed by atoms with Crippen molar-refractivity contribution in [3.63, 3.8) is 0 Å². The summed E-state index contributed by atoms with van der Waals surface area (Å²) in [5.74, 6) is 0.740. The molecule has 2 aromatic rings. The molecule has 21 heavy (non-hydrogen) atoms. The van der Waals surface area contributed by atoms with Gasteiger partial charge in [0.2, 0.25) is 11.8 Å². The van der Waals surface area contributed by atoms with Gasteiger partial charge < -0.3 is 4.42 Å². The molecule has 1 aromatic heterocycles. The van der Waals surface area contributed by atoms with Crippen LogP contribution in [0.1, 0.15) is 35.1 Å². The van der Waals surface area contributed by atoms with Gasteiger partial charge in [-0.25, -0.2) is 0 Å². The summed E-state index contributed by atoms with van der Waals surface area (Å²) in [5.41, 5.74) is -1.34. The molecule has 0 fully saturated rings. The second-order valence-corrected chi connectivity index (χ2v) is 5.65. The molecule has 1 heterocycles. The Balaban J connectivity index is 2.27. The number of aromatic nitrogens is 2. The summed E-state index contributed by atoms with van der Waals surface area (Å²) in [6.07, 6.45) is -4.56. The molecule has 4 nitrogen and oxygen atoms in total. The lowest BCUT2D eigenvalue weighted by atomic mass is 10.1. The van der Waals surface area contributed by atoms with Crippen molar-refractivity contribution in [2.24, 2.45) is 0 Å². The fourth-order valence-corrected chi connectivity index (χ4v) is 2.60. The zero-order valence-corrected chi connectivity index (χ0v) is 11.9. The Labute approximate surface area is 123 Å². The normalized spacial score (nSPS) is 13.0. The van der Waals surface area contributed by atoms with Crippen LogP contribution >= 0.6 is 11.8 Å². The minimum Gasteiger partial charge on any atom is -0.424 e. The van der Waals surface area contributed by atoms with Gasteiger partial charge in [-0.15, -0.1) is 22.0 Å². The average Bonchev–Trinajstić information content (AvgIpc) is 2.84. The van der Waals surface area contributed by atoms with Crippen molar-refractivity contribution >= 4 is 11.8 Å². The number of thioether (sulfide) groups is 1. The number of halogens is 3. The van der Waals surface area contributed by atoms with Gasteiger partial charge in [0, 0.05) is 11.8 Å². The van der Waals surface area contributed by atoms with Crippen molar-refractivity contribution in [1.29, 1.82) is 5.26 Å². The minimum atomic E-state index is -4.56. The largest absolute Gasteiger partial charge is 0.424 e. The van der Waals surface area contributed by atoms with Crippen molar-refractivity contribution < 1.29 is 17.6 Å². The first-order valence-electron chi connectivity index (χ1n) is 5.89. The Morgan fingerprint density at radius 1 is 1.33 bits per heavy atom. The Kier molecular flexibility index (Phi) is 4.23. The standard InChI is InChI=1S/C13H10F3N3OS/c1-7(12-19-18-8(2)20-12)21-10-4-3-9(6-17)11(5-10)13(14,15)16/h3-5,7H,1-2H3. The van der Waals surface area contributed by atoms with Crippen molar-refractivity contribution in [3.8, 4) is 6.07 Å². The van der Waals surface area contributed by atoms with Gasteiger partial charge in [0.15, 0.2) is 0 Å². The number of nitriles is 1. The molecule has 110 valence electrons. The van der Waals surface area contributed by atoms with E-state index in [-0.39, 0.29) is 5.25 Å². The molecule has 0 aliphatic carbocycles. The van der Waals surface area contributed by atoms with Crippen LogP contribution < -0.4 is 0 Å². The second-order valence-electron chi connectivity index (χ2n) is 4.24. The lowest BCUT2D eigenvalue weighted by molar-refractivity contribution is -0.137. The summed E-state index contributed by atoms with van der Waals surface area (Å²) in [6.45, 7) is 3.39. The lowest BCUT2D eigenvalue weighted by Crippen LogP contribution is -2.08. The number of hydrogen-bond donors (Lipinski definition) is 0. The molecule has 0 N–H and O–H groups in total. The zero-order valence-electron chi connectivity index (χ0n) is 11.1. The fraction of sp³-hybridized carbons (Fsp3) is 0.308. The maximum Gasteiger partial charge on any atom is 0.417 e. The Hall–Kier alpha value is -2.01. The van der Waals surface area contributed by atoms with Gasteiger partial charge in [0.25, 0.3) is 0 Å². The summed E-state index contributed by atoms with van der Waals surface area (Å²) in [7, 11) is 0. The lowest BCUT2D eigenvalue weighted by Gasteiger charge is -2.12. The molecular weight excluding hydrogens is 303 g/mol. The fourth-order valence-electron chi connectivity index (χ4n) is 1.66. The van der Waals surface area contributed by atoms with Crippen molar-refractivity contribution in [2.45, 2.75) is 30.2 Å². The third-order valence-electron chi connectivity index (χ3n) is 2.62. The van der Waals surface area contributed by atoms with Crippen molar-refractivity contribution in [2.75, 3.05) is 0 Å². The molecule has 1 unspecified atom stereocenters. The summed E-state index contributed by atoms with van der Waals surface area (Å²) in [4.78, 5) is 0.379. The van der Waals surface area contributed by atoms with E-state index in [2.05, 4.69) is 10.2 Å². The number of alkyl halides is 3. The van der Waals surface area contributed by atoms with Crippen LogP contribution in [0.15, 0.2) is 27.5 Å². The van der Waals surface area contributed by atoms with Crippen LogP contribution in [-0.2, 0) is 6.18 Å². The van der Waals surface area contributed by atoms with Crippen LogP contribution in [0, 0.1) is 18.3 Å². The molecule has 0 bridgehead atoms. The van der Waals surface area contributed by atoms with E-state index in [0.29, 0.717) is 16.7 Å². The van der Waals surface area contributed by atoms with E-state index in [1.54, 1.807) is 19.9 Å². The number of hydrogen-bond acceptors (Lipinski definition) is 5. The highest BCUT2D eigenvalue weighted by atomic mass is 32.2. The molecule has 2 rings (SSSR count). The van der Waals surface area contributed by atoms with Crippen LogP contribution in [-0.4, -0.2) is 10.2 Å². The monoisotopic (exact) mass is 313 g/mol. The molecule has 0 radical (unpaired) electrons. The third-order valence-corrected chi connectivity index (χ3v) is 3.70. The molecule has 0 saturated heterocycles. The summed E-state index contributed by atoms with van der Waals surface area (Å²) in [5, 5.41) is 16.0. The smallest absolute Gasteiger partial charge is 0.417 e. The molecule has 0 saturated carbocycles. The number of nitrogens with zero attached hydrogens (tertiary/aromatic N) is 3. The molecule has 8 heteroatoms. The van der Waals surface area contributed by atoms with Gasteiger partial charge in [0.1, 0.15) is 0 Å². The zero-order chi connectivity index (χ0) is 15.6. The Bertz CT molecular complexity index is 691. The van der Waals surface area contributed by atoms with E-state index in [1.807, 2.05) is 0 Å². The van der Waals surface area contributed by atoms with Gasteiger partial charge in [-0.2, -0.15) is 18.4 Å². The molecule has 1 atom stereocenters. The van der Waals surface area contributed by atoms with Crippen molar-refractivity contribution in [1.82, 2.24) is 10.2 Å². The molecule has 0 aliphatic rings. The van der Waals surface area contributed by atoms with Crippen LogP contribution in [0.25, 0.3) is 0 Å². The van der Waals surface area contributed by atoms with Gasteiger partial charge in [-0.3, -0.25) is 0 Å². The molecule has 1 aromatic carbocycles. The summed E-state index contributed by atoms with van der Waals surface area (Å²) < 4.78 is 43.9. The predicted molar refractivity (Wildman–Crippen MR) is 69.5 cm³/mol. The molecule has 0 aliphatic heterocycles. The first kappa shape index (κ1) is 15.4. The van der Waals surface area contributed by atoms with Crippen molar-refractivity contribution in [3.05, 3.63) is 41.1 Å². The maximum atomic E-state index is 12.9. The molecule has 0 amide bonds. The van der Waals surface area contributed by atoms with Crippen LogP contribution in [0.5, 0.6) is 0 Å². The van der Waals surface area contributed by atoms with Crippen LogP contribution in [0.4, 0.5) is 13.2 Å². The SMILES string of the molecule is Cc1nnc(C(C)Sc2ccc(C#N)c(C(F)(F)F)c2)o1. The highest BCUT2D eigenvalue weighted by Crippen LogP contribution is 2.38. The maximum absolute atomic E-state index is 12.9. The van der Waals surface area contributed by atoms with Gasteiger partial charge in [-0.1, -0.05) is 0 Å². The third kappa shape index (κ3) is 3.55. The topological polar surface area (TPSA) is 62.7 Å². The average molecular weight is 313 g/mol. The van der Waals surface area contributed by atoms with E-state index in [4.69, 9.17) is 9.68 Å². The summed E-state index contributed by atoms with van der Waals surface area (Å²) >= 11 is 1.15. The number of benzene rings is 1. The Morgan fingerprint density at radius 3 is 2.57 bits per heavy atom. The van der Waals surface area contributed by atoms with E-state index < -0.39 is 17.3 Å². The summed E-state index contributed by atoms with van der Waals surface area (Å²) in [6, 6.07) is 5.14. The molecular formula is C13H10F3N3OS. The van der Waals surface area contributed by atoms with E-state index in [9.17, 15) is 13.2 Å². The number of aryl methyl sites for hydroxylation is 1. The van der Waals surface area contributed by atoms with Gasteiger partial charge in [0.05, 0.1) is 22.4 Å². The molecule has 0 spiro atoms. The van der Waals surface area contributed by atoms with E-state index >= 15 is 0 Å². The van der Waals surface area contributed by atoms with Gasteiger partial charge >= 0.3 is 6.18 Å². The first-order valence-corrected chi connectivity index (χ1v) is 6.77. The minimum absolute atomic E-state index is 0.291. The quantitative estimate of drug-likeness (QED) is 0.798. The highest BCUT2D eigenvalue weighted by molar-refractivity contribution is 7.99. The van der Waals surface area contributed by atoms with E-state index in [0.717, 1.165) is 23.9 Å². The van der Waals surface area contributed by atoms with Crippen LogP contribution in [0.2, 0.25) is 0 Å². The highest BCUT2D eigenvalue weighted by Gasteiger charge is 2.34. The van der Waals surface area contributed by atoms with E-state index in [1.165, 1.54) is 6.07 Å². The van der Waals surface area contributed by atoms with Crippen LogP contribution in [0.3, 0.4) is 0 Å². The second kappa shape index (κ2) is 5.77. The first-order chi connectivity index (χ1) is 9.81.